The summed E-state index contributed by atoms with van der Waals surface area (Å²) < 4.78 is 15.2. The normalized spacial score (nSPS) is 27.9. The van der Waals surface area contributed by atoms with Crippen LogP contribution in [-0.2, 0) is 95.6 Å². The third kappa shape index (κ3) is 17.6. The van der Waals surface area contributed by atoms with Gasteiger partial charge in [-0.05, 0) is 42.0 Å². The number of Topliss-reactive ketones (excluding diaryl/α,β-unsaturated/α-hetero) is 2. The Morgan fingerprint density at radius 2 is 1.36 bits per heavy atom. The Labute approximate surface area is 550 Å². The molecular formula is C60H80N12O19S3. The molecule has 4 fully saturated rings. The number of imide groups is 2. The van der Waals surface area contributed by atoms with Crippen LogP contribution in [-0.4, -0.2) is 249 Å². The SMILES string of the molecule is CC[C@H](C)[C@@H]1NC(=O)CNC(=O)[C@@H]2Cc3c([nH]c4ccc(CC(=O)CCCCC(=O)N5CCN6C(=O)CC(SCSC7CC(=O)N(CC5)C7=O)C6=O)cc34)S(=O)C[C@H](NC(=O)CNC1=O)C(=O)C[C@@H](CC(N)=O)C(=O)N1C[C@H](O)C[C@H]1C(=O)N[C@@H](C(C)C(O)CO)C(=O)N2. The zero-order chi connectivity index (χ0) is 68.4. The molecule has 5 unspecified atom stereocenters. The highest BCUT2D eigenvalue weighted by atomic mass is 32.2. The van der Waals surface area contributed by atoms with Crippen molar-refractivity contribution in [2.45, 2.75) is 156 Å². The first kappa shape index (κ1) is 72.2. The number of fused-ring (bicyclic) bond motifs is 9. The molecule has 13 amide bonds. The number of hydrogen-bond acceptors (Lipinski definition) is 21. The van der Waals surface area contributed by atoms with Crippen molar-refractivity contribution in [1.82, 2.24) is 56.5 Å². The molecule has 34 heteroatoms. The second-order valence-corrected chi connectivity index (χ2v) is 28.7. The van der Waals surface area contributed by atoms with Gasteiger partial charge in [0.05, 0.1) is 70.9 Å². The molecule has 6 bridgehead atoms. The molecule has 2 aromatic rings. The molecule has 31 nitrogen and oxygen atoms in total. The van der Waals surface area contributed by atoms with Crippen LogP contribution in [0.1, 0.15) is 96.1 Å². The van der Waals surface area contributed by atoms with Crippen molar-refractivity contribution in [1.29, 1.82) is 0 Å². The van der Waals surface area contributed by atoms with Crippen molar-refractivity contribution in [2.24, 2.45) is 23.5 Å². The summed E-state index contributed by atoms with van der Waals surface area (Å²) in [5, 5.41) is 46.0. The van der Waals surface area contributed by atoms with E-state index in [4.69, 9.17) is 5.73 Å². The molecule has 1 aromatic carbocycles. The zero-order valence-corrected chi connectivity index (χ0v) is 54.6. The summed E-state index contributed by atoms with van der Waals surface area (Å²) in [7, 11) is -2.46. The van der Waals surface area contributed by atoms with E-state index >= 15 is 4.21 Å². The van der Waals surface area contributed by atoms with Gasteiger partial charge in [0, 0.05) is 112 Å². The van der Waals surface area contributed by atoms with Gasteiger partial charge in [-0.1, -0.05) is 33.3 Å². The number of nitrogens with one attached hydrogen (secondary N) is 7. The summed E-state index contributed by atoms with van der Waals surface area (Å²) in [5.41, 5.74) is 6.26. The topological polar surface area (TPSA) is 461 Å². The molecule has 12 N–H and O–H groups in total. The van der Waals surface area contributed by atoms with Crippen LogP contribution in [0.5, 0.6) is 0 Å². The van der Waals surface area contributed by atoms with Crippen molar-refractivity contribution >= 4 is 134 Å². The third-order valence-corrected chi connectivity index (χ3v) is 22.0. The minimum Gasteiger partial charge on any atom is -0.394 e. The van der Waals surface area contributed by atoms with E-state index in [0.717, 1.165) is 14.7 Å². The van der Waals surface area contributed by atoms with Crippen LogP contribution in [0.3, 0.4) is 0 Å². The Balaban J connectivity index is 1.11. The molecule has 0 radical (unpaired) electrons. The average molecular weight is 1370 g/mol. The first-order valence-corrected chi connectivity index (χ1v) is 34.6. The Kier molecular flexibility index (Phi) is 24.7. The number of H-pyrrole nitrogens is 1. The van der Waals surface area contributed by atoms with Crippen LogP contribution < -0.4 is 37.6 Å². The number of nitrogens with zero attached hydrogens (tertiary/aromatic N) is 4. The number of aromatic nitrogens is 1. The lowest BCUT2D eigenvalue weighted by Crippen LogP contribution is -2.61. The molecule has 6 aliphatic rings. The number of benzene rings is 1. The number of hydrogen-bond donors (Lipinski definition) is 11. The number of unbranched alkanes of at least 4 members (excludes halogenated alkanes) is 1. The number of rotatable bonds is 14. The van der Waals surface area contributed by atoms with Crippen molar-refractivity contribution in [2.75, 3.05) is 63.3 Å². The summed E-state index contributed by atoms with van der Waals surface area (Å²) in [5.74, 6) is -15.7. The van der Waals surface area contributed by atoms with E-state index in [9.17, 15) is 87.2 Å². The molecule has 8 rings (SSSR count). The van der Waals surface area contributed by atoms with Crippen molar-refractivity contribution in [3.8, 4) is 0 Å². The molecule has 6 aliphatic heterocycles. The van der Waals surface area contributed by atoms with Gasteiger partial charge in [0.2, 0.25) is 76.8 Å². The lowest BCUT2D eigenvalue weighted by molar-refractivity contribution is -0.145. The number of aliphatic hydroxyl groups is 3. The first-order valence-electron chi connectivity index (χ1n) is 31.2. The molecule has 1 aromatic heterocycles. The second-order valence-electron chi connectivity index (χ2n) is 24.5. The number of carbonyl (C=O) groups excluding carboxylic acids is 15. The molecule has 13 atom stereocenters. The highest BCUT2D eigenvalue weighted by molar-refractivity contribution is 8.17. The fourth-order valence-corrected chi connectivity index (χ4v) is 16.4. The number of carbonyl (C=O) groups is 15. The fourth-order valence-electron chi connectivity index (χ4n) is 12.2. The number of primary amides is 1. The maximum Gasteiger partial charge on any atom is 0.243 e. The maximum atomic E-state index is 15.2. The number of ketones is 2. The Bertz CT molecular complexity index is 3340. The standard InChI is InChI=1S/C60H80N12O19S3/c1-4-29(2)51-55(86)63-23-46(79)64-39-27-94(91)57-36(20-38(53(84)62-24-47(80)67-51)65-56(87)52(30(3)42(77)26-73)68-54(85)40-19-34(75)25-72(40)58(88)32(17-41(39)76)18-45(61)78)35-16-31(9-10-37(35)66-57)15-33(74)7-5-6-8-48(81)69-11-13-70-49(82)21-43(59(70)89)92-28-93-44-22-50(83)71(14-12-69)60(44)90/h9-10,16,29-30,32,34,38-40,42-44,51-52,66,73,75,77H,4-8,11-15,17-28H2,1-3H3,(H2,61,78)(H,62,84)(H,63,86)(H,64,79)(H,65,87)(H,67,80)(H,68,85)/t29-,30?,32-,34+,38-,39-,40-,42?,43?,44?,51-,52-,94?/m0/s1. The van der Waals surface area contributed by atoms with E-state index in [1.165, 1.54) is 41.4 Å². The van der Waals surface area contributed by atoms with Gasteiger partial charge < -0.3 is 67.7 Å². The number of aliphatic hydroxyl groups excluding tert-OH is 3. The van der Waals surface area contributed by atoms with Crippen molar-refractivity contribution in [3.05, 3.63) is 29.3 Å². The molecule has 0 spiro atoms. The summed E-state index contributed by atoms with van der Waals surface area (Å²) in [6.45, 7) is 1.29. The van der Waals surface area contributed by atoms with Gasteiger partial charge in [-0.25, -0.2) is 0 Å². The largest absolute Gasteiger partial charge is 0.394 e. The van der Waals surface area contributed by atoms with E-state index in [-0.39, 0.29) is 122 Å². The Morgan fingerprint density at radius 1 is 0.734 bits per heavy atom. The highest BCUT2D eigenvalue weighted by Crippen LogP contribution is 2.34. The zero-order valence-electron chi connectivity index (χ0n) is 52.2. The van der Waals surface area contributed by atoms with Crippen LogP contribution in [0.25, 0.3) is 10.9 Å². The second kappa shape index (κ2) is 32.2. The number of aromatic amines is 1. The van der Waals surface area contributed by atoms with E-state index in [0.29, 0.717) is 17.1 Å². The van der Waals surface area contributed by atoms with Crippen molar-refractivity contribution < 1.29 is 91.4 Å². The predicted octanol–water partition coefficient (Wildman–Crippen LogP) is -4.34. The quantitative estimate of drug-likeness (QED) is 0.0629. The van der Waals surface area contributed by atoms with Gasteiger partial charge >= 0.3 is 0 Å². The smallest absolute Gasteiger partial charge is 0.243 e. The van der Waals surface area contributed by atoms with Crippen LogP contribution in [0.15, 0.2) is 23.2 Å². The van der Waals surface area contributed by atoms with Crippen LogP contribution in [0, 0.1) is 17.8 Å². The molecule has 0 aliphatic carbocycles. The lowest BCUT2D eigenvalue weighted by Gasteiger charge is -2.32. The summed E-state index contributed by atoms with van der Waals surface area (Å²) in [4.78, 5) is 215. The maximum absolute atomic E-state index is 15.2. The summed E-state index contributed by atoms with van der Waals surface area (Å²) >= 11 is 2.47. The minimum atomic E-state index is -2.46. The number of amides is 13. The number of thioether (sulfide) groups is 2. The van der Waals surface area contributed by atoms with E-state index in [1.807, 2.05) is 0 Å². The predicted molar refractivity (Wildman–Crippen MR) is 336 cm³/mol. The third-order valence-electron chi connectivity index (χ3n) is 17.9. The van der Waals surface area contributed by atoms with E-state index in [2.05, 4.69) is 36.9 Å². The Hall–Kier alpha value is -7.66. The number of nitrogens with two attached hydrogens (primary N) is 1. The van der Waals surface area contributed by atoms with Gasteiger partial charge in [-0.3, -0.25) is 85.9 Å². The van der Waals surface area contributed by atoms with Crippen LogP contribution >= 0.6 is 23.5 Å². The monoisotopic (exact) mass is 1370 g/mol. The summed E-state index contributed by atoms with van der Waals surface area (Å²) in [6, 6.07) is -3.69. The van der Waals surface area contributed by atoms with Crippen molar-refractivity contribution in [3.63, 3.8) is 0 Å². The van der Waals surface area contributed by atoms with E-state index < -0.39 is 198 Å². The fraction of sp³-hybridized carbons (Fsp3) is 0.617. The molecule has 4 saturated heterocycles. The first-order chi connectivity index (χ1) is 44.7. The van der Waals surface area contributed by atoms with E-state index in [1.54, 1.807) is 26.0 Å². The van der Waals surface area contributed by atoms with Gasteiger partial charge in [0.1, 0.15) is 35.0 Å². The highest BCUT2D eigenvalue weighted by Gasteiger charge is 2.46. The lowest BCUT2D eigenvalue weighted by atomic mass is 9.93. The van der Waals surface area contributed by atoms with Crippen LogP contribution in [0.4, 0.5) is 0 Å². The molecule has 0 saturated carbocycles. The molecular weight excluding hydrogens is 1290 g/mol. The molecule has 94 heavy (non-hydrogen) atoms. The molecule has 7 heterocycles. The van der Waals surface area contributed by atoms with Gasteiger partial charge in [-0.15, -0.1) is 23.5 Å². The van der Waals surface area contributed by atoms with Gasteiger partial charge in [0.25, 0.3) is 0 Å². The minimum absolute atomic E-state index is 0.0263. The molecule has 512 valence electrons. The van der Waals surface area contributed by atoms with Gasteiger partial charge in [0.15, 0.2) is 5.78 Å². The van der Waals surface area contributed by atoms with Gasteiger partial charge in [-0.2, -0.15) is 0 Å². The Morgan fingerprint density at radius 3 is 1.99 bits per heavy atom. The van der Waals surface area contributed by atoms with Crippen LogP contribution in [0.2, 0.25) is 0 Å². The average Bonchev–Trinajstić information content (AvgIpc) is 1.62. The summed E-state index contributed by atoms with van der Waals surface area (Å²) in [6.07, 6.45) is -5.45.